The van der Waals surface area contributed by atoms with Gasteiger partial charge in [-0.3, -0.25) is 4.98 Å². The summed E-state index contributed by atoms with van der Waals surface area (Å²) < 4.78 is 0.883. The summed E-state index contributed by atoms with van der Waals surface area (Å²) in [5.74, 6) is -0.509. The zero-order valence-corrected chi connectivity index (χ0v) is 12.2. The largest absolute Gasteiger partial charge is 0.478 e. The Hall–Kier alpha value is -1.42. The van der Waals surface area contributed by atoms with Gasteiger partial charge in [-0.05, 0) is 48.9 Å². The number of halogens is 1. The Morgan fingerprint density at radius 2 is 2.26 bits per heavy atom. The molecule has 0 saturated carbocycles. The van der Waals surface area contributed by atoms with Crippen molar-refractivity contribution in [2.24, 2.45) is 0 Å². The van der Waals surface area contributed by atoms with Gasteiger partial charge in [0.05, 0.1) is 11.1 Å². The fourth-order valence-electron chi connectivity index (χ4n) is 2.92. The van der Waals surface area contributed by atoms with Gasteiger partial charge in [0, 0.05) is 15.6 Å². The molecule has 98 valence electrons. The second-order valence-electron chi connectivity index (χ2n) is 5.11. The smallest absolute Gasteiger partial charge is 0.336 e. The summed E-state index contributed by atoms with van der Waals surface area (Å²) in [6, 6.07) is 5.64. The summed E-state index contributed by atoms with van der Waals surface area (Å²) in [6.45, 7) is 2.13. The fraction of sp³-hybridized carbons (Fsp3) is 0.333. The SMILES string of the molecule is CC1CCCc2c1nc1ccc(Br)cc1c2C(=O)O. The van der Waals surface area contributed by atoms with Crippen LogP contribution in [0, 0.1) is 0 Å². The number of carboxylic acids is 1. The maximum Gasteiger partial charge on any atom is 0.336 e. The molecule has 1 atom stereocenters. The summed E-state index contributed by atoms with van der Waals surface area (Å²) in [5, 5.41) is 10.3. The average molecular weight is 320 g/mol. The first-order chi connectivity index (χ1) is 9.08. The lowest BCUT2D eigenvalue weighted by atomic mass is 9.84. The van der Waals surface area contributed by atoms with Gasteiger partial charge in [-0.15, -0.1) is 0 Å². The van der Waals surface area contributed by atoms with Crippen LogP contribution in [0.25, 0.3) is 10.9 Å². The molecule has 1 N–H and O–H groups in total. The van der Waals surface area contributed by atoms with E-state index < -0.39 is 5.97 Å². The van der Waals surface area contributed by atoms with Gasteiger partial charge >= 0.3 is 5.97 Å². The number of benzene rings is 1. The van der Waals surface area contributed by atoms with Crippen molar-refractivity contribution in [2.75, 3.05) is 0 Å². The predicted molar refractivity (Wildman–Crippen MR) is 77.8 cm³/mol. The number of carboxylic acid groups (broad SMARTS) is 1. The van der Waals surface area contributed by atoms with Gasteiger partial charge in [0.2, 0.25) is 0 Å². The quantitative estimate of drug-likeness (QED) is 0.859. The Labute approximate surface area is 119 Å². The van der Waals surface area contributed by atoms with Crippen molar-refractivity contribution in [3.05, 3.63) is 39.5 Å². The monoisotopic (exact) mass is 319 g/mol. The molecular weight excluding hydrogens is 306 g/mol. The molecule has 3 nitrogen and oxygen atoms in total. The normalized spacial score (nSPS) is 18.3. The number of hydrogen-bond donors (Lipinski definition) is 1. The molecular formula is C15H14BrNO2. The molecule has 0 fully saturated rings. The predicted octanol–water partition coefficient (Wildman–Crippen LogP) is 4.14. The molecule has 0 radical (unpaired) electrons. The Bertz CT molecular complexity index is 681. The van der Waals surface area contributed by atoms with Crippen molar-refractivity contribution in [1.29, 1.82) is 0 Å². The number of fused-ring (bicyclic) bond motifs is 2. The maximum absolute atomic E-state index is 11.7. The molecule has 1 aromatic carbocycles. The third kappa shape index (κ3) is 2.04. The Balaban J connectivity index is 2.42. The molecule has 0 saturated heterocycles. The van der Waals surface area contributed by atoms with Crippen LogP contribution in [0.2, 0.25) is 0 Å². The van der Waals surface area contributed by atoms with Crippen molar-refractivity contribution in [3.63, 3.8) is 0 Å². The summed E-state index contributed by atoms with van der Waals surface area (Å²) >= 11 is 3.40. The minimum atomic E-state index is -0.851. The van der Waals surface area contributed by atoms with E-state index in [2.05, 4.69) is 22.9 Å². The van der Waals surface area contributed by atoms with Crippen LogP contribution in [0.1, 0.15) is 47.3 Å². The minimum Gasteiger partial charge on any atom is -0.478 e. The fourth-order valence-corrected chi connectivity index (χ4v) is 3.28. The van der Waals surface area contributed by atoms with E-state index in [0.717, 1.165) is 45.9 Å². The lowest BCUT2D eigenvalue weighted by Crippen LogP contribution is -2.15. The summed E-state index contributed by atoms with van der Waals surface area (Å²) in [7, 11) is 0. The Kier molecular flexibility index (Phi) is 3.05. The number of aromatic nitrogens is 1. The highest BCUT2D eigenvalue weighted by atomic mass is 79.9. The molecule has 0 bridgehead atoms. The molecule has 0 aliphatic heterocycles. The van der Waals surface area contributed by atoms with Crippen LogP contribution in [0.5, 0.6) is 0 Å². The van der Waals surface area contributed by atoms with Crippen LogP contribution >= 0.6 is 15.9 Å². The van der Waals surface area contributed by atoms with Crippen LogP contribution in [0.15, 0.2) is 22.7 Å². The van der Waals surface area contributed by atoms with Gasteiger partial charge in [-0.1, -0.05) is 22.9 Å². The van der Waals surface area contributed by atoms with E-state index in [1.165, 1.54) is 0 Å². The van der Waals surface area contributed by atoms with Gasteiger partial charge in [0.25, 0.3) is 0 Å². The van der Waals surface area contributed by atoms with Crippen molar-refractivity contribution >= 4 is 32.8 Å². The van der Waals surface area contributed by atoms with Crippen molar-refractivity contribution in [1.82, 2.24) is 4.98 Å². The summed E-state index contributed by atoms with van der Waals surface area (Å²) in [5.41, 5.74) is 3.11. The zero-order valence-electron chi connectivity index (χ0n) is 10.6. The van der Waals surface area contributed by atoms with Crippen LogP contribution in [0.4, 0.5) is 0 Å². The van der Waals surface area contributed by atoms with Crippen molar-refractivity contribution in [2.45, 2.75) is 32.1 Å². The molecule has 0 amide bonds. The number of aromatic carboxylic acids is 1. The molecule has 2 aromatic rings. The van der Waals surface area contributed by atoms with Gasteiger partial charge < -0.3 is 5.11 Å². The molecule has 1 heterocycles. The highest BCUT2D eigenvalue weighted by Crippen LogP contribution is 2.35. The van der Waals surface area contributed by atoms with Gasteiger partial charge in [0.1, 0.15) is 0 Å². The number of carbonyl (C=O) groups is 1. The van der Waals surface area contributed by atoms with Crippen LogP contribution in [-0.4, -0.2) is 16.1 Å². The molecule has 3 rings (SSSR count). The van der Waals surface area contributed by atoms with E-state index in [1.807, 2.05) is 18.2 Å². The molecule has 1 aliphatic rings. The van der Waals surface area contributed by atoms with E-state index in [9.17, 15) is 9.90 Å². The standard InChI is InChI=1S/C15H14BrNO2/c1-8-3-2-4-10-13(15(18)19)11-7-9(16)5-6-12(11)17-14(8)10/h5-8H,2-4H2,1H3,(H,18,19). The van der Waals surface area contributed by atoms with Crippen molar-refractivity contribution in [3.8, 4) is 0 Å². The second-order valence-corrected chi connectivity index (χ2v) is 6.03. The van der Waals surface area contributed by atoms with Gasteiger partial charge in [-0.2, -0.15) is 0 Å². The number of hydrogen-bond acceptors (Lipinski definition) is 2. The van der Waals surface area contributed by atoms with Crippen molar-refractivity contribution < 1.29 is 9.90 Å². The van der Waals surface area contributed by atoms with Crippen LogP contribution in [-0.2, 0) is 6.42 Å². The number of nitrogens with zero attached hydrogens (tertiary/aromatic N) is 1. The van der Waals surface area contributed by atoms with Gasteiger partial charge in [-0.25, -0.2) is 4.79 Å². The number of pyridine rings is 1. The molecule has 1 aromatic heterocycles. The minimum absolute atomic E-state index is 0.342. The van der Waals surface area contributed by atoms with E-state index in [4.69, 9.17) is 4.98 Å². The number of rotatable bonds is 1. The topological polar surface area (TPSA) is 50.2 Å². The van der Waals surface area contributed by atoms with Crippen LogP contribution in [0.3, 0.4) is 0 Å². The van der Waals surface area contributed by atoms with E-state index >= 15 is 0 Å². The van der Waals surface area contributed by atoms with E-state index in [0.29, 0.717) is 11.5 Å². The lowest BCUT2D eigenvalue weighted by molar-refractivity contribution is 0.0697. The van der Waals surface area contributed by atoms with Gasteiger partial charge in [0.15, 0.2) is 0 Å². The first kappa shape index (κ1) is 12.6. The first-order valence-corrected chi connectivity index (χ1v) is 7.22. The molecule has 19 heavy (non-hydrogen) atoms. The molecule has 1 aliphatic carbocycles. The third-order valence-electron chi connectivity index (χ3n) is 3.82. The Morgan fingerprint density at radius 1 is 1.47 bits per heavy atom. The molecule has 4 heteroatoms. The highest BCUT2D eigenvalue weighted by molar-refractivity contribution is 9.10. The third-order valence-corrected chi connectivity index (χ3v) is 4.32. The summed E-state index contributed by atoms with van der Waals surface area (Å²) in [6.07, 6.45) is 2.94. The van der Waals surface area contributed by atoms with E-state index in [-0.39, 0.29) is 0 Å². The summed E-state index contributed by atoms with van der Waals surface area (Å²) in [4.78, 5) is 16.4. The molecule has 0 spiro atoms. The second kappa shape index (κ2) is 4.60. The zero-order chi connectivity index (χ0) is 13.6. The average Bonchev–Trinajstić information content (AvgIpc) is 2.36. The highest BCUT2D eigenvalue weighted by Gasteiger charge is 2.25. The Morgan fingerprint density at radius 3 is 3.00 bits per heavy atom. The van der Waals surface area contributed by atoms with Crippen LogP contribution < -0.4 is 0 Å². The first-order valence-electron chi connectivity index (χ1n) is 6.43. The molecule has 1 unspecified atom stereocenters. The van der Waals surface area contributed by atoms with E-state index in [1.54, 1.807) is 0 Å². The lowest BCUT2D eigenvalue weighted by Gasteiger charge is -2.23. The maximum atomic E-state index is 11.7.